The standard InChI is InChI=1S/C20H22N4O2S/c21-11-16-15-7-9-24(12-17(15)27-19(16)22)18-10-13(6-8-23-18)20(25)26-14-4-2-1-3-5-14/h6,8,10,14H,1-5,7,9,12,22H2. The van der Waals surface area contributed by atoms with E-state index in [4.69, 9.17) is 10.5 Å². The third-order valence-electron chi connectivity index (χ3n) is 5.33. The number of nitrogen functional groups attached to an aromatic ring is 1. The van der Waals surface area contributed by atoms with Gasteiger partial charge in [-0.3, -0.25) is 0 Å². The van der Waals surface area contributed by atoms with Gasteiger partial charge < -0.3 is 15.4 Å². The zero-order valence-corrected chi connectivity index (χ0v) is 15.9. The van der Waals surface area contributed by atoms with Gasteiger partial charge in [0, 0.05) is 17.6 Å². The van der Waals surface area contributed by atoms with E-state index < -0.39 is 0 Å². The summed E-state index contributed by atoms with van der Waals surface area (Å²) in [6.07, 6.45) is 7.86. The van der Waals surface area contributed by atoms with Crippen molar-refractivity contribution in [2.75, 3.05) is 17.2 Å². The Morgan fingerprint density at radius 3 is 2.96 bits per heavy atom. The predicted molar refractivity (Wildman–Crippen MR) is 105 cm³/mol. The number of ether oxygens (including phenoxy) is 1. The number of nitriles is 1. The lowest BCUT2D eigenvalue weighted by Crippen LogP contribution is -2.30. The molecule has 0 spiro atoms. The van der Waals surface area contributed by atoms with Crippen molar-refractivity contribution in [3.63, 3.8) is 0 Å². The molecule has 1 fully saturated rings. The first kappa shape index (κ1) is 17.8. The van der Waals surface area contributed by atoms with Crippen LogP contribution >= 0.6 is 11.3 Å². The number of nitrogens with two attached hydrogens (primary N) is 1. The minimum atomic E-state index is -0.268. The lowest BCUT2D eigenvalue weighted by Gasteiger charge is -2.28. The van der Waals surface area contributed by atoms with Gasteiger partial charge in [-0.05, 0) is 49.8 Å². The lowest BCUT2D eigenvalue weighted by molar-refractivity contribution is 0.0211. The quantitative estimate of drug-likeness (QED) is 0.815. The van der Waals surface area contributed by atoms with Crippen molar-refractivity contribution in [2.24, 2.45) is 0 Å². The molecule has 0 saturated heterocycles. The molecule has 6 nitrogen and oxygen atoms in total. The van der Waals surface area contributed by atoms with Crippen LogP contribution in [0.3, 0.4) is 0 Å². The number of aromatic nitrogens is 1. The van der Waals surface area contributed by atoms with E-state index in [1.165, 1.54) is 17.8 Å². The highest BCUT2D eigenvalue weighted by Gasteiger charge is 2.25. The number of carbonyl (C=O) groups is 1. The molecule has 27 heavy (non-hydrogen) atoms. The normalized spacial score (nSPS) is 17.2. The fourth-order valence-corrected chi connectivity index (χ4v) is 4.95. The van der Waals surface area contributed by atoms with Crippen LogP contribution in [0.2, 0.25) is 0 Å². The maximum absolute atomic E-state index is 12.5. The van der Waals surface area contributed by atoms with E-state index in [0.29, 0.717) is 22.7 Å². The van der Waals surface area contributed by atoms with Crippen molar-refractivity contribution < 1.29 is 9.53 Å². The van der Waals surface area contributed by atoms with Crippen LogP contribution in [0.1, 0.15) is 58.5 Å². The summed E-state index contributed by atoms with van der Waals surface area (Å²) in [5, 5.41) is 9.86. The van der Waals surface area contributed by atoms with Gasteiger partial charge in [0.05, 0.1) is 17.7 Å². The topological polar surface area (TPSA) is 92.2 Å². The molecule has 7 heteroatoms. The van der Waals surface area contributed by atoms with E-state index in [0.717, 1.165) is 54.9 Å². The van der Waals surface area contributed by atoms with E-state index in [2.05, 4.69) is 16.0 Å². The van der Waals surface area contributed by atoms with Crippen molar-refractivity contribution in [1.82, 2.24) is 4.98 Å². The second-order valence-electron chi connectivity index (χ2n) is 7.09. The Morgan fingerprint density at radius 2 is 2.19 bits per heavy atom. The largest absolute Gasteiger partial charge is 0.459 e. The van der Waals surface area contributed by atoms with Gasteiger partial charge in [-0.25, -0.2) is 9.78 Å². The lowest BCUT2D eigenvalue weighted by atomic mass is 9.98. The molecule has 0 bridgehead atoms. The first-order valence-corrected chi connectivity index (χ1v) is 10.2. The smallest absolute Gasteiger partial charge is 0.338 e. The molecule has 0 unspecified atom stereocenters. The molecule has 0 aromatic carbocycles. The highest BCUT2D eigenvalue weighted by Crippen LogP contribution is 2.35. The second kappa shape index (κ2) is 7.57. The first-order valence-electron chi connectivity index (χ1n) is 9.38. The van der Waals surface area contributed by atoms with Gasteiger partial charge >= 0.3 is 5.97 Å². The Labute approximate surface area is 162 Å². The van der Waals surface area contributed by atoms with Gasteiger partial charge in [0.2, 0.25) is 0 Å². The summed E-state index contributed by atoms with van der Waals surface area (Å²) >= 11 is 1.47. The molecule has 140 valence electrons. The van der Waals surface area contributed by atoms with E-state index in [-0.39, 0.29) is 12.1 Å². The Kier molecular flexibility index (Phi) is 4.99. The Hall–Kier alpha value is -2.59. The molecule has 2 aromatic rings. The number of pyridine rings is 1. The molecule has 1 saturated carbocycles. The minimum absolute atomic E-state index is 0.0407. The number of esters is 1. The number of anilines is 2. The number of rotatable bonds is 3. The maximum Gasteiger partial charge on any atom is 0.338 e. The summed E-state index contributed by atoms with van der Waals surface area (Å²) < 4.78 is 5.67. The van der Waals surface area contributed by atoms with Crippen molar-refractivity contribution in [1.29, 1.82) is 5.26 Å². The molecular weight excluding hydrogens is 360 g/mol. The SMILES string of the molecule is N#Cc1c(N)sc2c1CCN(c1cc(C(=O)OC3CCCCC3)ccn1)C2. The van der Waals surface area contributed by atoms with Gasteiger partial charge in [-0.1, -0.05) is 6.42 Å². The third-order valence-corrected chi connectivity index (χ3v) is 6.37. The molecular formula is C20H22N4O2S. The fourth-order valence-electron chi connectivity index (χ4n) is 3.86. The third kappa shape index (κ3) is 3.62. The average molecular weight is 382 g/mol. The molecule has 0 radical (unpaired) electrons. The molecule has 0 atom stereocenters. The molecule has 2 aliphatic rings. The van der Waals surface area contributed by atoms with Crippen molar-refractivity contribution in [3.8, 4) is 6.07 Å². The summed E-state index contributed by atoms with van der Waals surface area (Å²) in [7, 11) is 0. The summed E-state index contributed by atoms with van der Waals surface area (Å²) in [5.74, 6) is 0.486. The van der Waals surface area contributed by atoms with E-state index in [1.807, 2.05) is 0 Å². The van der Waals surface area contributed by atoms with Crippen LogP contribution in [0.5, 0.6) is 0 Å². The Morgan fingerprint density at radius 1 is 1.37 bits per heavy atom. The monoisotopic (exact) mass is 382 g/mol. The molecule has 3 heterocycles. The maximum atomic E-state index is 12.5. The Bertz CT molecular complexity index is 896. The average Bonchev–Trinajstić information content (AvgIpc) is 3.02. The highest BCUT2D eigenvalue weighted by molar-refractivity contribution is 7.16. The summed E-state index contributed by atoms with van der Waals surface area (Å²) in [6, 6.07) is 5.72. The van der Waals surface area contributed by atoms with Crippen LogP contribution < -0.4 is 10.6 Å². The van der Waals surface area contributed by atoms with Crippen LogP contribution in [-0.4, -0.2) is 23.6 Å². The van der Waals surface area contributed by atoms with Crippen molar-refractivity contribution >= 4 is 28.1 Å². The van der Waals surface area contributed by atoms with E-state index in [1.54, 1.807) is 18.3 Å². The van der Waals surface area contributed by atoms with Crippen LogP contribution in [0.25, 0.3) is 0 Å². The summed E-state index contributed by atoms with van der Waals surface area (Å²) in [4.78, 5) is 20.2. The van der Waals surface area contributed by atoms with Gasteiger partial charge in [0.15, 0.2) is 0 Å². The zero-order valence-electron chi connectivity index (χ0n) is 15.1. The van der Waals surface area contributed by atoms with Crippen LogP contribution in [0, 0.1) is 11.3 Å². The molecule has 2 aromatic heterocycles. The number of hydrogen-bond acceptors (Lipinski definition) is 7. The Balaban J connectivity index is 1.49. The first-order chi connectivity index (χ1) is 13.2. The fraction of sp³-hybridized carbons (Fsp3) is 0.450. The number of carbonyl (C=O) groups excluding carboxylic acids is 1. The van der Waals surface area contributed by atoms with Crippen LogP contribution in [-0.2, 0) is 17.7 Å². The van der Waals surface area contributed by atoms with Crippen LogP contribution in [0.15, 0.2) is 18.3 Å². The molecule has 2 N–H and O–H groups in total. The molecule has 1 aliphatic heterocycles. The second-order valence-corrected chi connectivity index (χ2v) is 8.23. The molecule has 0 amide bonds. The van der Waals surface area contributed by atoms with Gasteiger partial charge in [0.25, 0.3) is 0 Å². The van der Waals surface area contributed by atoms with Crippen molar-refractivity contribution in [3.05, 3.63) is 39.9 Å². The summed E-state index contributed by atoms with van der Waals surface area (Å²) in [5.41, 5.74) is 8.19. The number of hydrogen-bond donors (Lipinski definition) is 1. The summed E-state index contributed by atoms with van der Waals surface area (Å²) in [6.45, 7) is 1.39. The number of fused-ring (bicyclic) bond motifs is 1. The van der Waals surface area contributed by atoms with E-state index in [9.17, 15) is 10.1 Å². The van der Waals surface area contributed by atoms with E-state index >= 15 is 0 Å². The number of thiophene rings is 1. The predicted octanol–water partition coefficient (Wildman–Crippen LogP) is 3.65. The van der Waals surface area contributed by atoms with Gasteiger partial charge in [0.1, 0.15) is 23.0 Å². The molecule has 4 rings (SSSR count). The molecule has 1 aliphatic carbocycles. The minimum Gasteiger partial charge on any atom is -0.459 e. The van der Waals surface area contributed by atoms with Crippen molar-refractivity contribution in [2.45, 2.75) is 51.2 Å². The number of nitrogens with zero attached hydrogens (tertiary/aromatic N) is 3. The van der Waals surface area contributed by atoms with Gasteiger partial charge in [-0.2, -0.15) is 5.26 Å². The zero-order chi connectivity index (χ0) is 18.8. The van der Waals surface area contributed by atoms with Crippen LogP contribution in [0.4, 0.5) is 10.8 Å². The highest BCUT2D eigenvalue weighted by atomic mass is 32.1. The van der Waals surface area contributed by atoms with Gasteiger partial charge in [-0.15, -0.1) is 11.3 Å².